The first kappa shape index (κ1) is 43.6. The number of carbonyl (C=O) groups is 3. The second kappa shape index (κ2) is 16.9. The highest BCUT2D eigenvalue weighted by atomic mass is 32.1. The number of ketones is 1. The van der Waals surface area contributed by atoms with Crippen LogP contribution in [-0.2, 0) is 18.0 Å². The molecule has 1 aromatic heterocycles. The van der Waals surface area contributed by atoms with Crippen molar-refractivity contribution in [3.63, 3.8) is 0 Å². The number of nitrogens with zero attached hydrogens (tertiary/aromatic N) is 7. The molecule has 2 amide bonds. The number of anilines is 4. The van der Waals surface area contributed by atoms with Crippen LogP contribution in [0.4, 0.5) is 44.7 Å². The Morgan fingerprint density at radius 1 is 0.984 bits per heavy atom. The number of hydrogen-bond acceptors (Lipinski definition) is 10. The summed E-state index contributed by atoms with van der Waals surface area (Å²) in [4.78, 5) is 50.6. The van der Waals surface area contributed by atoms with Crippen LogP contribution < -0.4 is 25.8 Å². The second-order valence-electron chi connectivity index (χ2n) is 16.0. The number of alkyl halides is 3. The zero-order chi connectivity index (χ0) is 45.7. The maximum atomic E-state index is 15.5. The number of benzene rings is 4. The van der Waals surface area contributed by atoms with Gasteiger partial charge in [0.05, 0.1) is 46.1 Å². The third kappa shape index (κ3) is 7.93. The van der Waals surface area contributed by atoms with Crippen LogP contribution in [0.2, 0.25) is 0 Å². The number of carbonyl (C=O) groups excluding carboxylic acids is 3. The summed E-state index contributed by atoms with van der Waals surface area (Å²) in [5.74, 6) is -2.73. The van der Waals surface area contributed by atoms with Gasteiger partial charge in [-0.05, 0) is 112 Å². The Bertz CT molecular complexity index is 2800. The maximum Gasteiger partial charge on any atom is 0.417 e. The minimum atomic E-state index is -4.87. The minimum absolute atomic E-state index is 0.0821. The number of amides is 2. The van der Waals surface area contributed by atoms with Gasteiger partial charge in [-0.2, -0.15) is 23.5 Å². The predicted octanol–water partition coefficient (Wildman–Crippen LogP) is 7.85. The van der Waals surface area contributed by atoms with Crippen LogP contribution in [0.3, 0.4) is 0 Å². The molecule has 1 saturated heterocycles. The average molecular weight is 895 g/mol. The van der Waals surface area contributed by atoms with Crippen molar-refractivity contribution < 1.29 is 36.3 Å². The van der Waals surface area contributed by atoms with E-state index in [2.05, 4.69) is 31.0 Å². The lowest BCUT2D eigenvalue weighted by molar-refractivity contribution is -0.137. The number of aryl methyl sites for hydroxylation is 1. The molecule has 3 N–H and O–H groups in total. The molecule has 0 aliphatic carbocycles. The summed E-state index contributed by atoms with van der Waals surface area (Å²) in [6.07, 6.45) is -1.28. The molecule has 5 aromatic rings. The summed E-state index contributed by atoms with van der Waals surface area (Å²) in [6, 6.07) is 18.1. The fourth-order valence-electron chi connectivity index (χ4n) is 8.39. The second-order valence-corrected chi connectivity index (χ2v) is 16.4. The molecular formula is C45H39F5N10O3S. The van der Waals surface area contributed by atoms with Crippen molar-refractivity contribution in [3.05, 3.63) is 130 Å². The lowest BCUT2D eigenvalue weighted by Gasteiger charge is -2.37. The average Bonchev–Trinajstić information content (AvgIpc) is 3.75. The van der Waals surface area contributed by atoms with Crippen LogP contribution in [0, 0.1) is 23.0 Å². The van der Waals surface area contributed by atoms with E-state index in [-0.39, 0.29) is 47.0 Å². The Kier molecular flexibility index (Phi) is 11.5. The topological polar surface area (TPSA) is 161 Å². The number of rotatable bonds is 12. The number of aliphatic imine (C=N–C) groups is 1. The SMILES string of the molecule is Cn1ncnc1C1C2=NCC(=O)c3cc(F)cc(c32)N[C@@H]1c1ccc(NCCCCCNC(=O)c2ccc(N3C(=S)N(c4ccc(C#N)c(C(F)(F)F)c4)C(=O)C3(C)C)cc2F)cc1. The Labute approximate surface area is 369 Å². The van der Waals surface area contributed by atoms with Crippen LogP contribution in [0.1, 0.15) is 93.9 Å². The molecule has 8 rings (SSSR count). The highest BCUT2D eigenvalue weighted by Crippen LogP contribution is 2.45. The molecule has 0 bridgehead atoms. The highest BCUT2D eigenvalue weighted by Gasteiger charge is 2.51. The van der Waals surface area contributed by atoms with E-state index in [1.165, 1.54) is 61.5 Å². The van der Waals surface area contributed by atoms with Crippen LogP contribution >= 0.6 is 12.2 Å². The van der Waals surface area contributed by atoms with Crippen LogP contribution in [0.15, 0.2) is 84.1 Å². The fraction of sp³-hybridized carbons (Fsp3) is 0.289. The summed E-state index contributed by atoms with van der Waals surface area (Å²) >= 11 is 5.54. The van der Waals surface area contributed by atoms with E-state index in [1.807, 2.05) is 24.3 Å². The number of hydrogen-bond donors (Lipinski definition) is 3. The fourth-order valence-corrected chi connectivity index (χ4v) is 8.91. The molecule has 0 spiro atoms. The van der Waals surface area contributed by atoms with Gasteiger partial charge in [-0.25, -0.2) is 13.8 Å². The molecule has 3 aliphatic rings. The number of halogens is 5. The molecular weight excluding hydrogens is 856 g/mol. The standard InChI is InChI=1S/C45H39F5N10O3S/c1-44(2)42(63)59(28-12-9-25(21-51)32(19-28)45(48,49)50)43(64)60(44)29-13-14-30(33(47)20-29)41(62)53-16-6-4-5-15-52-27-10-7-24(8-11-27)38-37(40-55-23-56-58(40)3)39-36-31(35(61)22-54-39)17-26(46)18-34(36)57-38/h7-14,17-20,23,37-38,52,57H,4-6,15-16,22H2,1-3H3,(H,53,62)/t37?,38-/m1/s1. The number of unbranched alkanes of at least 4 members (excludes halogenated alkanes) is 2. The molecule has 64 heavy (non-hydrogen) atoms. The summed E-state index contributed by atoms with van der Waals surface area (Å²) in [5.41, 5.74) is 0.183. The summed E-state index contributed by atoms with van der Waals surface area (Å²) < 4.78 is 73.0. The van der Waals surface area contributed by atoms with Crippen LogP contribution in [-0.4, -0.2) is 68.4 Å². The number of Topliss-reactive ketones (excluding diaryl/α,β-unsaturated/α-hetero) is 1. The summed E-state index contributed by atoms with van der Waals surface area (Å²) in [7, 11) is 1.79. The van der Waals surface area contributed by atoms with Crippen molar-refractivity contribution in [1.82, 2.24) is 20.1 Å². The molecule has 4 heterocycles. The minimum Gasteiger partial charge on any atom is -0.385 e. The first-order valence-corrected chi connectivity index (χ1v) is 20.6. The third-order valence-electron chi connectivity index (χ3n) is 11.6. The zero-order valence-corrected chi connectivity index (χ0v) is 35.4. The first-order valence-electron chi connectivity index (χ1n) is 20.2. The van der Waals surface area contributed by atoms with E-state index < -0.39 is 52.2 Å². The number of thiocarbonyl (C=S) groups is 1. The van der Waals surface area contributed by atoms with Gasteiger partial charge in [0.25, 0.3) is 11.8 Å². The number of nitrogens with one attached hydrogen (secondary N) is 3. The smallest absolute Gasteiger partial charge is 0.385 e. The van der Waals surface area contributed by atoms with Crippen molar-refractivity contribution in [3.8, 4) is 6.07 Å². The van der Waals surface area contributed by atoms with Gasteiger partial charge in [0.2, 0.25) is 0 Å². The van der Waals surface area contributed by atoms with Gasteiger partial charge in [0, 0.05) is 48.3 Å². The lowest BCUT2D eigenvalue weighted by atomic mass is 9.78. The van der Waals surface area contributed by atoms with Crippen molar-refractivity contribution in [2.75, 3.05) is 40.1 Å². The van der Waals surface area contributed by atoms with Gasteiger partial charge in [-0.15, -0.1) is 0 Å². The molecule has 19 heteroatoms. The van der Waals surface area contributed by atoms with Gasteiger partial charge in [-0.1, -0.05) is 12.1 Å². The van der Waals surface area contributed by atoms with E-state index in [4.69, 9.17) is 12.2 Å². The number of nitriles is 1. The van der Waals surface area contributed by atoms with Gasteiger partial charge < -0.3 is 20.9 Å². The molecule has 0 saturated carbocycles. The van der Waals surface area contributed by atoms with Crippen molar-refractivity contribution in [1.29, 1.82) is 5.26 Å². The monoisotopic (exact) mass is 894 g/mol. The zero-order valence-electron chi connectivity index (χ0n) is 34.6. The van der Waals surface area contributed by atoms with E-state index in [9.17, 15) is 37.2 Å². The molecule has 0 radical (unpaired) electrons. The van der Waals surface area contributed by atoms with Gasteiger partial charge >= 0.3 is 6.18 Å². The molecule has 1 unspecified atom stereocenters. The Hall–Kier alpha value is -7.07. The summed E-state index contributed by atoms with van der Waals surface area (Å²) in [5, 5.41) is 22.8. The van der Waals surface area contributed by atoms with Crippen LogP contribution in [0.5, 0.6) is 0 Å². The molecule has 1 fully saturated rings. The summed E-state index contributed by atoms with van der Waals surface area (Å²) in [6.45, 7) is 3.81. The quantitative estimate of drug-likeness (QED) is 0.0640. The Morgan fingerprint density at radius 2 is 1.72 bits per heavy atom. The van der Waals surface area contributed by atoms with E-state index >= 15 is 4.39 Å². The van der Waals surface area contributed by atoms with Crippen LogP contribution in [0.25, 0.3) is 0 Å². The number of aromatic nitrogens is 3. The Morgan fingerprint density at radius 3 is 2.41 bits per heavy atom. The van der Waals surface area contributed by atoms with Gasteiger partial charge in [-0.3, -0.25) is 29.0 Å². The molecule has 3 aliphatic heterocycles. The van der Waals surface area contributed by atoms with E-state index in [0.717, 1.165) is 41.1 Å². The molecule has 2 atom stereocenters. The van der Waals surface area contributed by atoms with Crippen molar-refractivity contribution in [2.45, 2.75) is 56.8 Å². The predicted molar refractivity (Wildman–Crippen MR) is 233 cm³/mol. The molecule has 328 valence electrons. The van der Waals surface area contributed by atoms with E-state index in [1.54, 1.807) is 11.7 Å². The highest BCUT2D eigenvalue weighted by molar-refractivity contribution is 7.81. The third-order valence-corrected chi connectivity index (χ3v) is 11.9. The van der Waals surface area contributed by atoms with Gasteiger partial charge in [0.1, 0.15) is 35.9 Å². The molecule has 13 nitrogen and oxygen atoms in total. The normalized spacial score (nSPS) is 17.7. The largest absolute Gasteiger partial charge is 0.417 e. The van der Waals surface area contributed by atoms with Crippen molar-refractivity contribution >= 4 is 63.4 Å². The van der Waals surface area contributed by atoms with Gasteiger partial charge in [0.15, 0.2) is 10.9 Å². The van der Waals surface area contributed by atoms with Crippen molar-refractivity contribution in [2.24, 2.45) is 12.0 Å². The van der Waals surface area contributed by atoms with E-state index in [0.29, 0.717) is 47.4 Å². The Balaban J connectivity index is 0.841. The first-order chi connectivity index (χ1) is 30.5. The molecule has 4 aromatic carbocycles. The lowest BCUT2D eigenvalue weighted by Crippen LogP contribution is -2.44. The maximum absolute atomic E-state index is 15.5.